The Bertz CT molecular complexity index is 482. The molecule has 108 valence electrons. The van der Waals surface area contributed by atoms with Gasteiger partial charge in [0.25, 0.3) is 11.8 Å². The third kappa shape index (κ3) is 4.35. The lowest BCUT2D eigenvalue weighted by Crippen LogP contribution is -2.38. The molecular weight excluding hydrogens is 256 g/mol. The SMILES string of the molecule is Cc1cccc(C(=O)NCC(=O)NOC2CCCC2)c1. The molecule has 20 heavy (non-hydrogen) atoms. The van der Waals surface area contributed by atoms with Gasteiger partial charge in [-0.2, -0.15) is 0 Å². The summed E-state index contributed by atoms with van der Waals surface area (Å²) < 4.78 is 0. The van der Waals surface area contributed by atoms with Gasteiger partial charge in [-0.05, 0) is 31.9 Å². The van der Waals surface area contributed by atoms with Crippen LogP contribution in [0, 0.1) is 6.92 Å². The standard InChI is InChI=1S/C15H20N2O3/c1-11-5-4-6-12(9-11)15(19)16-10-14(18)17-20-13-7-2-3-8-13/h4-6,9,13H,2-3,7-8,10H2,1H3,(H,16,19)(H,17,18). The zero-order valence-corrected chi connectivity index (χ0v) is 11.6. The van der Waals surface area contributed by atoms with Crippen LogP contribution in [0.3, 0.4) is 0 Å². The van der Waals surface area contributed by atoms with Crippen LogP contribution in [-0.4, -0.2) is 24.5 Å². The molecule has 0 radical (unpaired) electrons. The minimum atomic E-state index is -0.335. The van der Waals surface area contributed by atoms with E-state index in [9.17, 15) is 9.59 Å². The van der Waals surface area contributed by atoms with Crippen molar-refractivity contribution in [3.8, 4) is 0 Å². The van der Waals surface area contributed by atoms with Crippen LogP contribution < -0.4 is 10.8 Å². The quantitative estimate of drug-likeness (QED) is 0.805. The summed E-state index contributed by atoms with van der Waals surface area (Å²) in [5.74, 6) is -0.595. The van der Waals surface area contributed by atoms with Crippen LogP contribution in [0.15, 0.2) is 24.3 Å². The van der Waals surface area contributed by atoms with E-state index in [2.05, 4.69) is 10.8 Å². The summed E-state index contributed by atoms with van der Waals surface area (Å²) in [5, 5.41) is 2.57. The second-order valence-corrected chi connectivity index (χ2v) is 5.10. The van der Waals surface area contributed by atoms with E-state index in [1.54, 1.807) is 12.1 Å². The number of benzene rings is 1. The molecule has 1 aromatic rings. The Hall–Kier alpha value is -1.88. The van der Waals surface area contributed by atoms with E-state index >= 15 is 0 Å². The maximum Gasteiger partial charge on any atom is 0.262 e. The molecule has 0 bridgehead atoms. The molecule has 0 heterocycles. The van der Waals surface area contributed by atoms with Gasteiger partial charge in [-0.25, -0.2) is 5.48 Å². The first-order chi connectivity index (χ1) is 9.65. The van der Waals surface area contributed by atoms with Crippen LogP contribution >= 0.6 is 0 Å². The third-order valence-corrected chi connectivity index (χ3v) is 3.33. The minimum Gasteiger partial charge on any atom is -0.343 e. The van der Waals surface area contributed by atoms with E-state index in [0.717, 1.165) is 31.2 Å². The monoisotopic (exact) mass is 276 g/mol. The van der Waals surface area contributed by atoms with Gasteiger partial charge in [-0.15, -0.1) is 0 Å². The van der Waals surface area contributed by atoms with Crippen LogP contribution in [0.2, 0.25) is 0 Å². The smallest absolute Gasteiger partial charge is 0.262 e. The van der Waals surface area contributed by atoms with Crippen LogP contribution in [0.25, 0.3) is 0 Å². The van der Waals surface area contributed by atoms with Gasteiger partial charge in [0.1, 0.15) is 0 Å². The highest BCUT2D eigenvalue weighted by molar-refractivity contribution is 5.96. The average molecular weight is 276 g/mol. The molecule has 1 aliphatic rings. The van der Waals surface area contributed by atoms with Crippen molar-refractivity contribution in [2.45, 2.75) is 38.7 Å². The Labute approximate surface area is 118 Å². The van der Waals surface area contributed by atoms with Gasteiger partial charge in [0, 0.05) is 5.56 Å². The van der Waals surface area contributed by atoms with Crippen LogP contribution in [0.1, 0.15) is 41.6 Å². The first-order valence-corrected chi connectivity index (χ1v) is 6.94. The zero-order valence-electron chi connectivity index (χ0n) is 11.6. The van der Waals surface area contributed by atoms with E-state index in [-0.39, 0.29) is 24.5 Å². The van der Waals surface area contributed by atoms with Crippen molar-refractivity contribution in [1.82, 2.24) is 10.8 Å². The molecule has 1 aliphatic carbocycles. The number of hydroxylamine groups is 1. The molecule has 1 saturated carbocycles. The number of aryl methyl sites for hydroxylation is 1. The molecule has 1 aromatic carbocycles. The van der Waals surface area contributed by atoms with Crippen molar-refractivity contribution in [1.29, 1.82) is 0 Å². The number of carbonyl (C=O) groups is 2. The number of rotatable bonds is 5. The van der Waals surface area contributed by atoms with Crippen molar-refractivity contribution in [3.05, 3.63) is 35.4 Å². The number of carbonyl (C=O) groups excluding carboxylic acids is 2. The summed E-state index contributed by atoms with van der Waals surface area (Å²) in [4.78, 5) is 28.7. The molecule has 0 unspecified atom stereocenters. The Morgan fingerprint density at radius 1 is 1.30 bits per heavy atom. The van der Waals surface area contributed by atoms with Crippen molar-refractivity contribution < 1.29 is 14.4 Å². The Morgan fingerprint density at radius 3 is 2.75 bits per heavy atom. The van der Waals surface area contributed by atoms with Crippen molar-refractivity contribution in [2.24, 2.45) is 0 Å². The molecule has 0 aliphatic heterocycles. The van der Waals surface area contributed by atoms with Crippen LogP contribution in [-0.2, 0) is 9.63 Å². The predicted molar refractivity (Wildman–Crippen MR) is 75.0 cm³/mol. The normalized spacial score (nSPS) is 15.1. The maximum absolute atomic E-state index is 11.8. The summed E-state index contributed by atoms with van der Waals surface area (Å²) in [6.45, 7) is 1.83. The van der Waals surface area contributed by atoms with Gasteiger partial charge in [0.05, 0.1) is 12.6 Å². The summed E-state index contributed by atoms with van der Waals surface area (Å²) >= 11 is 0. The predicted octanol–water partition coefficient (Wildman–Crippen LogP) is 1.72. The average Bonchev–Trinajstić information content (AvgIpc) is 2.95. The third-order valence-electron chi connectivity index (χ3n) is 3.33. The lowest BCUT2D eigenvalue weighted by atomic mass is 10.1. The minimum absolute atomic E-state index is 0.0838. The van der Waals surface area contributed by atoms with Gasteiger partial charge in [-0.3, -0.25) is 14.4 Å². The van der Waals surface area contributed by atoms with Gasteiger partial charge in [-0.1, -0.05) is 30.5 Å². The fourth-order valence-corrected chi connectivity index (χ4v) is 2.24. The van der Waals surface area contributed by atoms with Crippen LogP contribution in [0.5, 0.6) is 0 Å². The molecule has 0 saturated heterocycles. The highest BCUT2D eigenvalue weighted by Crippen LogP contribution is 2.19. The van der Waals surface area contributed by atoms with Crippen molar-refractivity contribution in [3.63, 3.8) is 0 Å². The molecule has 1 fully saturated rings. The number of hydrogen-bond donors (Lipinski definition) is 2. The van der Waals surface area contributed by atoms with E-state index in [1.807, 2.05) is 19.1 Å². The highest BCUT2D eigenvalue weighted by Gasteiger charge is 2.17. The highest BCUT2D eigenvalue weighted by atomic mass is 16.7. The second-order valence-electron chi connectivity index (χ2n) is 5.10. The first-order valence-electron chi connectivity index (χ1n) is 6.94. The lowest BCUT2D eigenvalue weighted by molar-refractivity contribution is -0.137. The molecule has 0 spiro atoms. The summed E-state index contributed by atoms with van der Waals surface area (Å²) in [6.07, 6.45) is 4.37. The molecule has 2 N–H and O–H groups in total. The number of nitrogens with one attached hydrogen (secondary N) is 2. The molecule has 5 heteroatoms. The number of amides is 2. The van der Waals surface area contributed by atoms with E-state index in [1.165, 1.54) is 0 Å². The van der Waals surface area contributed by atoms with Gasteiger partial charge in [0.2, 0.25) is 0 Å². The largest absolute Gasteiger partial charge is 0.343 e. The van der Waals surface area contributed by atoms with Gasteiger partial charge < -0.3 is 5.32 Å². The van der Waals surface area contributed by atoms with Crippen LogP contribution in [0.4, 0.5) is 0 Å². The van der Waals surface area contributed by atoms with Gasteiger partial charge in [0.15, 0.2) is 0 Å². The molecule has 5 nitrogen and oxygen atoms in total. The van der Waals surface area contributed by atoms with E-state index in [0.29, 0.717) is 5.56 Å². The van der Waals surface area contributed by atoms with Crippen molar-refractivity contribution >= 4 is 11.8 Å². The fraction of sp³-hybridized carbons (Fsp3) is 0.467. The maximum atomic E-state index is 11.8. The Morgan fingerprint density at radius 2 is 2.05 bits per heavy atom. The second kappa shape index (κ2) is 7.05. The Balaban J connectivity index is 1.71. The summed E-state index contributed by atoms with van der Waals surface area (Å²) in [5.41, 5.74) is 3.95. The summed E-state index contributed by atoms with van der Waals surface area (Å²) in [7, 11) is 0. The summed E-state index contributed by atoms with van der Waals surface area (Å²) in [6, 6.07) is 7.23. The first kappa shape index (κ1) is 14.5. The topological polar surface area (TPSA) is 67.4 Å². The van der Waals surface area contributed by atoms with Crippen molar-refractivity contribution in [2.75, 3.05) is 6.54 Å². The van der Waals surface area contributed by atoms with E-state index < -0.39 is 0 Å². The lowest BCUT2D eigenvalue weighted by Gasteiger charge is -2.11. The molecule has 0 atom stereocenters. The zero-order chi connectivity index (χ0) is 14.4. The molecular formula is C15H20N2O3. The molecule has 2 amide bonds. The van der Waals surface area contributed by atoms with Gasteiger partial charge >= 0.3 is 0 Å². The fourth-order valence-electron chi connectivity index (χ4n) is 2.24. The van der Waals surface area contributed by atoms with E-state index in [4.69, 9.17) is 4.84 Å². The molecule has 0 aromatic heterocycles. The number of hydrogen-bond acceptors (Lipinski definition) is 3. The molecule has 2 rings (SSSR count). The Kier molecular flexibility index (Phi) is 5.12.